The molecule has 6 nitrogen and oxygen atoms in total. The molecule has 0 unspecified atom stereocenters. The summed E-state index contributed by atoms with van der Waals surface area (Å²) in [6.45, 7) is 2.10. The van der Waals surface area contributed by atoms with Crippen molar-refractivity contribution in [2.24, 2.45) is 13.0 Å². The third-order valence-corrected chi connectivity index (χ3v) is 6.56. The molecule has 1 aliphatic heterocycles. The van der Waals surface area contributed by atoms with Crippen LogP contribution in [0.25, 0.3) is 0 Å². The molecule has 3 aliphatic rings. The highest BCUT2D eigenvalue weighted by molar-refractivity contribution is 5.87. The fraction of sp³-hybridized carbons (Fsp3) is 0.789. The van der Waals surface area contributed by atoms with Gasteiger partial charge in [-0.1, -0.05) is 12.8 Å². The summed E-state index contributed by atoms with van der Waals surface area (Å²) < 4.78 is 1.79. The fourth-order valence-electron chi connectivity index (χ4n) is 5.04. The second-order valence-electron chi connectivity index (χ2n) is 8.22. The summed E-state index contributed by atoms with van der Waals surface area (Å²) in [6.07, 6.45) is 11.8. The van der Waals surface area contributed by atoms with E-state index in [2.05, 4.69) is 15.3 Å². The minimum Gasteiger partial charge on any atom is -0.393 e. The molecule has 138 valence electrons. The lowest BCUT2D eigenvalue weighted by molar-refractivity contribution is -0.135. The van der Waals surface area contributed by atoms with Gasteiger partial charge in [0.05, 0.1) is 18.3 Å². The molecule has 0 bridgehead atoms. The summed E-state index contributed by atoms with van der Waals surface area (Å²) in [4.78, 5) is 15.9. The van der Waals surface area contributed by atoms with Crippen LogP contribution in [-0.4, -0.2) is 50.4 Å². The molecule has 3 fully saturated rings. The minimum absolute atomic E-state index is 0.0373. The Hall–Kier alpha value is -1.40. The van der Waals surface area contributed by atoms with Crippen molar-refractivity contribution < 1.29 is 9.90 Å². The van der Waals surface area contributed by atoms with E-state index in [-0.39, 0.29) is 23.6 Å². The first-order valence-electron chi connectivity index (χ1n) is 9.81. The van der Waals surface area contributed by atoms with Gasteiger partial charge < -0.3 is 10.4 Å². The number of aliphatic hydroxyl groups is 1. The van der Waals surface area contributed by atoms with Gasteiger partial charge in [0.25, 0.3) is 0 Å². The zero-order valence-electron chi connectivity index (χ0n) is 15.2. The number of hydrogen-bond donors (Lipinski definition) is 2. The average Bonchev–Trinajstić information content (AvgIpc) is 3.29. The molecule has 6 heteroatoms. The van der Waals surface area contributed by atoms with Gasteiger partial charge in [-0.05, 0) is 57.5 Å². The lowest BCUT2D eigenvalue weighted by Gasteiger charge is -2.42. The summed E-state index contributed by atoms with van der Waals surface area (Å²) in [5.74, 6) is 0.502. The number of nitrogens with one attached hydrogen (secondary N) is 1. The second kappa shape index (κ2) is 6.72. The fourth-order valence-corrected chi connectivity index (χ4v) is 5.04. The van der Waals surface area contributed by atoms with Crippen LogP contribution in [0.1, 0.15) is 63.0 Å². The summed E-state index contributed by atoms with van der Waals surface area (Å²) in [6, 6.07) is -0.0373. The van der Waals surface area contributed by atoms with Crippen LogP contribution in [0.15, 0.2) is 12.4 Å². The SMILES string of the molecule is Cn1cc([C@@H](NC(=O)C2(N3CCCC3)CCCC2)C2CC(O)C2)cn1. The first kappa shape index (κ1) is 17.0. The summed E-state index contributed by atoms with van der Waals surface area (Å²) in [5, 5.41) is 17.4. The van der Waals surface area contributed by atoms with Crippen molar-refractivity contribution in [3.05, 3.63) is 18.0 Å². The van der Waals surface area contributed by atoms with Crippen LogP contribution in [0.2, 0.25) is 0 Å². The van der Waals surface area contributed by atoms with E-state index < -0.39 is 0 Å². The van der Waals surface area contributed by atoms with Crippen LogP contribution < -0.4 is 5.32 Å². The van der Waals surface area contributed by atoms with Crippen molar-refractivity contribution in [1.82, 2.24) is 20.0 Å². The number of aromatic nitrogens is 2. The van der Waals surface area contributed by atoms with E-state index in [9.17, 15) is 9.90 Å². The summed E-state index contributed by atoms with van der Waals surface area (Å²) in [7, 11) is 1.90. The molecule has 1 amide bonds. The van der Waals surface area contributed by atoms with Gasteiger partial charge in [-0.15, -0.1) is 0 Å². The third kappa shape index (κ3) is 3.10. The Morgan fingerprint density at radius 3 is 2.52 bits per heavy atom. The zero-order valence-corrected chi connectivity index (χ0v) is 15.2. The van der Waals surface area contributed by atoms with Crippen molar-refractivity contribution in [2.45, 2.75) is 69.1 Å². The number of rotatable bonds is 5. The van der Waals surface area contributed by atoms with Crippen molar-refractivity contribution in [1.29, 1.82) is 0 Å². The highest BCUT2D eigenvalue weighted by atomic mass is 16.3. The number of aliphatic hydroxyl groups excluding tert-OH is 1. The van der Waals surface area contributed by atoms with Gasteiger partial charge >= 0.3 is 0 Å². The van der Waals surface area contributed by atoms with E-state index in [1.807, 2.05) is 19.4 Å². The molecule has 1 saturated heterocycles. The molecule has 0 spiro atoms. The van der Waals surface area contributed by atoms with Gasteiger partial charge in [0.1, 0.15) is 5.54 Å². The molecule has 1 aromatic rings. The monoisotopic (exact) mass is 346 g/mol. The van der Waals surface area contributed by atoms with Crippen molar-refractivity contribution in [3.8, 4) is 0 Å². The molecule has 1 aromatic heterocycles. The molecule has 0 radical (unpaired) electrons. The topological polar surface area (TPSA) is 70.4 Å². The summed E-state index contributed by atoms with van der Waals surface area (Å²) >= 11 is 0. The molecule has 2 saturated carbocycles. The standard InChI is InChI=1S/C19H30N4O2/c1-22-13-15(12-20-22)17(14-10-16(24)11-14)21-18(25)19(6-2-3-7-19)23-8-4-5-9-23/h12-14,16-17,24H,2-11H2,1H3,(H,21,25)/t14?,16?,17-/m0/s1. The largest absolute Gasteiger partial charge is 0.393 e. The smallest absolute Gasteiger partial charge is 0.241 e. The van der Waals surface area contributed by atoms with Gasteiger partial charge in [0, 0.05) is 18.8 Å². The van der Waals surface area contributed by atoms with Crippen LogP contribution in [0, 0.1) is 5.92 Å². The van der Waals surface area contributed by atoms with Gasteiger partial charge in [0.15, 0.2) is 0 Å². The quantitative estimate of drug-likeness (QED) is 0.852. The number of nitrogens with zero attached hydrogens (tertiary/aromatic N) is 3. The van der Waals surface area contributed by atoms with Crippen LogP contribution in [0.5, 0.6) is 0 Å². The second-order valence-corrected chi connectivity index (χ2v) is 8.22. The highest BCUT2D eigenvalue weighted by Gasteiger charge is 2.48. The van der Waals surface area contributed by atoms with E-state index in [1.54, 1.807) is 4.68 Å². The molecular weight excluding hydrogens is 316 g/mol. The average molecular weight is 346 g/mol. The normalized spacial score (nSPS) is 30.2. The number of amides is 1. The van der Waals surface area contributed by atoms with Gasteiger partial charge in [-0.2, -0.15) is 5.10 Å². The van der Waals surface area contributed by atoms with E-state index in [0.717, 1.165) is 57.2 Å². The van der Waals surface area contributed by atoms with E-state index >= 15 is 0 Å². The van der Waals surface area contributed by atoms with Gasteiger partial charge in [-0.25, -0.2) is 0 Å². The molecular formula is C19H30N4O2. The molecule has 25 heavy (non-hydrogen) atoms. The van der Waals surface area contributed by atoms with Crippen molar-refractivity contribution in [2.75, 3.05) is 13.1 Å². The van der Waals surface area contributed by atoms with Crippen LogP contribution in [0.3, 0.4) is 0 Å². The molecule has 2 heterocycles. The molecule has 1 atom stereocenters. The predicted octanol–water partition coefficient (Wildman–Crippen LogP) is 1.76. The molecule has 0 aromatic carbocycles. The third-order valence-electron chi connectivity index (χ3n) is 6.56. The van der Waals surface area contributed by atoms with Crippen LogP contribution >= 0.6 is 0 Å². The van der Waals surface area contributed by atoms with Gasteiger partial charge in [-0.3, -0.25) is 14.4 Å². The Morgan fingerprint density at radius 2 is 1.96 bits per heavy atom. The lowest BCUT2D eigenvalue weighted by Crippen LogP contribution is -2.58. The van der Waals surface area contributed by atoms with Crippen molar-refractivity contribution >= 4 is 5.91 Å². The first-order valence-corrected chi connectivity index (χ1v) is 9.81. The lowest BCUT2D eigenvalue weighted by atomic mass is 9.75. The first-order chi connectivity index (χ1) is 12.1. The molecule has 2 N–H and O–H groups in total. The van der Waals surface area contributed by atoms with E-state index in [4.69, 9.17) is 0 Å². The number of likely N-dealkylation sites (tertiary alicyclic amines) is 1. The van der Waals surface area contributed by atoms with Crippen molar-refractivity contribution in [3.63, 3.8) is 0 Å². The Balaban J connectivity index is 1.54. The Bertz CT molecular complexity index is 611. The van der Waals surface area contributed by atoms with E-state index in [1.165, 1.54) is 12.8 Å². The Morgan fingerprint density at radius 1 is 1.28 bits per heavy atom. The maximum atomic E-state index is 13.4. The Labute approximate surface area is 149 Å². The Kier molecular flexibility index (Phi) is 4.58. The number of hydrogen-bond acceptors (Lipinski definition) is 4. The van der Waals surface area contributed by atoms with E-state index in [0.29, 0.717) is 5.92 Å². The van der Waals surface area contributed by atoms with Crippen LogP contribution in [0.4, 0.5) is 0 Å². The zero-order chi connectivity index (χ0) is 17.4. The maximum absolute atomic E-state index is 13.4. The van der Waals surface area contributed by atoms with Crippen LogP contribution in [-0.2, 0) is 11.8 Å². The highest BCUT2D eigenvalue weighted by Crippen LogP contribution is 2.41. The summed E-state index contributed by atoms with van der Waals surface area (Å²) in [5.41, 5.74) is 0.751. The predicted molar refractivity (Wildman–Crippen MR) is 94.8 cm³/mol. The molecule has 2 aliphatic carbocycles. The minimum atomic E-state index is -0.306. The number of carbonyl (C=O) groups excluding carboxylic acids is 1. The number of carbonyl (C=O) groups is 1. The maximum Gasteiger partial charge on any atom is 0.241 e. The van der Waals surface area contributed by atoms with Gasteiger partial charge in [0.2, 0.25) is 5.91 Å². The number of aryl methyl sites for hydroxylation is 1. The molecule has 4 rings (SSSR count).